The summed E-state index contributed by atoms with van der Waals surface area (Å²) in [5, 5.41) is 7.34. The zero-order chi connectivity index (χ0) is 13.7. The summed E-state index contributed by atoms with van der Waals surface area (Å²) in [6.45, 7) is 6.41. The van der Waals surface area contributed by atoms with Crippen molar-refractivity contribution in [3.63, 3.8) is 0 Å². The Kier molecular flexibility index (Phi) is 5.24. The van der Waals surface area contributed by atoms with Crippen LogP contribution in [0.25, 0.3) is 0 Å². The third kappa shape index (κ3) is 3.78. The van der Waals surface area contributed by atoms with Crippen LogP contribution < -0.4 is 10.9 Å². The predicted molar refractivity (Wildman–Crippen MR) is 74.9 cm³/mol. The van der Waals surface area contributed by atoms with E-state index < -0.39 is 0 Å². The third-order valence-electron chi connectivity index (χ3n) is 2.45. The molecule has 0 saturated heterocycles. The first-order chi connectivity index (χ1) is 8.45. The maximum absolute atomic E-state index is 12.1. The van der Waals surface area contributed by atoms with E-state index in [4.69, 9.17) is 18.0 Å². The fraction of sp³-hybridized carbons (Fsp3) is 0.538. The van der Waals surface area contributed by atoms with Crippen LogP contribution in [0.1, 0.15) is 27.2 Å². The summed E-state index contributed by atoms with van der Waals surface area (Å²) in [6.07, 6.45) is 7.57. The number of aromatic nitrogens is 2. The molecule has 0 radical (unpaired) electrons. The lowest BCUT2D eigenvalue weighted by molar-refractivity contribution is 0.538. The van der Waals surface area contributed by atoms with Crippen molar-refractivity contribution in [1.82, 2.24) is 9.78 Å². The average molecular weight is 268 g/mol. The van der Waals surface area contributed by atoms with Crippen LogP contribution >= 0.6 is 11.6 Å². The molecule has 0 aliphatic heterocycles. The van der Waals surface area contributed by atoms with Gasteiger partial charge in [-0.15, -0.1) is 6.42 Å². The Bertz CT molecular complexity index is 502. The van der Waals surface area contributed by atoms with E-state index in [0.717, 1.165) is 6.42 Å². The number of anilines is 1. The molecule has 1 atom stereocenters. The number of terminal acetylenes is 1. The van der Waals surface area contributed by atoms with E-state index >= 15 is 0 Å². The standard InChI is InChI=1S/C13H18ClN3O/c1-5-6-17-13(18)12(11(14)8-15-17)16-10(4)7-9(2)3/h1,8-10,16H,6-7H2,2-4H3. The van der Waals surface area contributed by atoms with Gasteiger partial charge in [0.1, 0.15) is 12.2 Å². The fourth-order valence-corrected chi connectivity index (χ4v) is 1.99. The quantitative estimate of drug-likeness (QED) is 0.834. The molecule has 1 unspecified atom stereocenters. The highest BCUT2D eigenvalue weighted by atomic mass is 35.5. The van der Waals surface area contributed by atoms with Gasteiger partial charge in [0.2, 0.25) is 0 Å². The Morgan fingerprint density at radius 1 is 1.56 bits per heavy atom. The second-order valence-electron chi connectivity index (χ2n) is 4.71. The molecule has 0 aliphatic rings. The van der Waals surface area contributed by atoms with Crippen LogP contribution in [-0.2, 0) is 6.54 Å². The molecule has 98 valence electrons. The number of nitrogens with zero attached hydrogens (tertiary/aromatic N) is 2. The smallest absolute Gasteiger partial charge is 0.292 e. The Balaban J connectivity index is 2.98. The maximum atomic E-state index is 12.1. The summed E-state index contributed by atoms with van der Waals surface area (Å²) in [5.74, 6) is 2.93. The number of hydrogen-bond acceptors (Lipinski definition) is 3. The summed E-state index contributed by atoms with van der Waals surface area (Å²) in [6, 6.07) is 0.164. The third-order valence-corrected chi connectivity index (χ3v) is 2.74. The molecule has 4 nitrogen and oxygen atoms in total. The molecule has 1 rings (SSSR count). The van der Waals surface area contributed by atoms with Gasteiger partial charge in [0.05, 0.1) is 11.2 Å². The minimum Gasteiger partial charge on any atom is -0.377 e. The maximum Gasteiger partial charge on any atom is 0.292 e. The van der Waals surface area contributed by atoms with Crippen molar-refractivity contribution in [3.8, 4) is 12.3 Å². The van der Waals surface area contributed by atoms with Crippen molar-refractivity contribution in [2.45, 2.75) is 39.8 Å². The lowest BCUT2D eigenvalue weighted by atomic mass is 10.1. The van der Waals surface area contributed by atoms with Crippen LogP contribution in [-0.4, -0.2) is 15.8 Å². The summed E-state index contributed by atoms with van der Waals surface area (Å²) in [4.78, 5) is 12.1. The summed E-state index contributed by atoms with van der Waals surface area (Å²) in [7, 11) is 0. The molecule has 1 heterocycles. The summed E-state index contributed by atoms with van der Waals surface area (Å²) >= 11 is 5.99. The molecule has 1 aromatic heterocycles. The lowest BCUT2D eigenvalue weighted by Crippen LogP contribution is -2.29. The van der Waals surface area contributed by atoms with E-state index in [-0.39, 0.29) is 18.1 Å². The second-order valence-corrected chi connectivity index (χ2v) is 5.12. The topological polar surface area (TPSA) is 46.9 Å². The van der Waals surface area contributed by atoms with E-state index in [1.165, 1.54) is 10.9 Å². The van der Waals surface area contributed by atoms with Gasteiger partial charge >= 0.3 is 0 Å². The van der Waals surface area contributed by atoms with E-state index in [1.54, 1.807) is 0 Å². The molecule has 0 saturated carbocycles. The molecule has 0 spiro atoms. The first kappa shape index (κ1) is 14.6. The Hall–Kier alpha value is -1.47. The molecule has 5 heteroatoms. The van der Waals surface area contributed by atoms with Crippen LogP contribution in [0.4, 0.5) is 5.69 Å². The number of nitrogens with one attached hydrogen (secondary N) is 1. The van der Waals surface area contributed by atoms with Gasteiger partial charge in [-0.3, -0.25) is 4.79 Å². The fourth-order valence-electron chi connectivity index (χ4n) is 1.81. The molecule has 0 aliphatic carbocycles. The first-order valence-electron chi connectivity index (χ1n) is 5.91. The van der Waals surface area contributed by atoms with Gasteiger partial charge in [-0.1, -0.05) is 31.4 Å². The van der Waals surface area contributed by atoms with E-state index in [2.05, 4.69) is 30.2 Å². The van der Waals surface area contributed by atoms with Gasteiger partial charge in [-0.05, 0) is 19.3 Å². The minimum atomic E-state index is -0.281. The summed E-state index contributed by atoms with van der Waals surface area (Å²) < 4.78 is 1.22. The highest BCUT2D eigenvalue weighted by Crippen LogP contribution is 2.17. The number of rotatable bonds is 5. The van der Waals surface area contributed by atoms with Crippen molar-refractivity contribution >= 4 is 17.3 Å². The van der Waals surface area contributed by atoms with Crippen molar-refractivity contribution in [1.29, 1.82) is 0 Å². The van der Waals surface area contributed by atoms with Gasteiger partial charge in [0.25, 0.3) is 5.56 Å². The van der Waals surface area contributed by atoms with Gasteiger partial charge in [-0.25, -0.2) is 4.68 Å². The Labute approximate surface area is 112 Å². The van der Waals surface area contributed by atoms with Gasteiger partial charge in [0.15, 0.2) is 0 Å². The zero-order valence-corrected chi connectivity index (χ0v) is 11.7. The number of hydrogen-bond donors (Lipinski definition) is 1. The molecule has 1 aromatic rings. The molecule has 18 heavy (non-hydrogen) atoms. The largest absolute Gasteiger partial charge is 0.377 e. The van der Waals surface area contributed by atoms with Crippen LogP contribution in [0.15, 0.2) is 11.0 Å². The van der Waals surface area contributed by atoms with Crippen molar-refractivity contribution in [2.75, 3.05) is 5.32 Å². The summed E-state index contributed by atoms with van der Waals surface area (Å²) in [5.41, 5.74) is 0.0890. The van der Waals surface area contributed by atoms with Crippen molar-refractivity contribution < 1.29 is 0 Å². The van der Waals surface area contributed by atoms with Crippen molar-refractivity contribution in [3.05, 3.63) is 21.6 Å². The van der Waals surface area contributed by atoms with Crippen LogP contribution in [0, 0.1) is 18.3 Å². The van der Waals surface area contributed by atoms with Gasteiger partial charge in [0, 0.05) is 6.04 Å². The molecular formula is C13H18ClN3O. The minimum absolute atomic E-state index is 0.142. The lowest BCUT2D eigenvalue weighted by Gasteiger charge is -2.17. The second kappa shape index (κ2) is 6.46. The monoisotopic (exact) mass is 267 g/mol. The molecule has 1 N–H and O–H groups in total. The SMILES string of the molecule is C#CCn1ncc(Cl)c(NC(C)CC(C)C)c1=O. The van der Waals surface area contributed by atoms with Crippen LogP contribution in [0.2, 0.25) is 5.02 Å². The average Bonchev–Trinajstić information content (AvgIpc) is 2.27. The van der Waals surface area contributed by atoms with Crippen molar-refractivity contribution in [2.24, 2.45) is 5.92 Å². The number of halogens is 1. The van der Waals surface area contributed by atoms with Gasteiger partial charge < -0.3 is 5.32 Å². The molecule has 0 aromatic carbocycles. The molecular weight excluding hydrogens is 250 g/mol. The first-order valence-corrected chi connectivity index (χ1v) is 6.29. The molecule has 0 amide bonds. The zero-order valence-electron chi connectivity index (χ0n) is 10.9. The van der Waals surface area contributed by atoms with Crippen LogP contribution in [0.3, 0.4) is 0 Å². The highest BCUT2D eigenvalue weighted by Gasteiger charge is 2.13. The van der Waals surface area contributed by atoms with E-state index in [1.807, 2.05) is 6.92 Å². The highest BCUT2D eigenvalue weighted by molar-refractivity contribution is 6.33. The van der Waals surface area contributed by atoms with E-state index in [9.17, 15) is 4.79 Å². The van der Waals surface area contributed by atoms with Gasteiger partial charge in [-0.2, -0.15) is 5.10 Å². The predicted octanol–water partition coefficient (Wildman–Crippen LogP) is 2.38. The Morgan fingerprint density at radius 3 is 2.78 bits per heavy atom. The Morgan fingerprint density at radius 2 is 2.22 bits per heavy atom. The molecule has 0 fully saturated rings. The van der Waals surface area contributed by atoms with E-state index in [0.29, 0.717) is 16.6 Å². The van der Waals surface area contributed by atoms with Crippen LogP contribution in [0.5, 0.6) is 0 Å². The normalized spacial score (nSPS) is 12.2. The molecule has 0 bridgehead atoms.